The van der Waals surface area contributed by atoms with Crippen LogP contribution in [0.5, 0.6) is 0 Å². The van der Waals surface area contributed by atoms with Crippen LogP contribution in [0.15, 0.2) is 49.8 Å². The number of carbonyl (C=O) groups excluding carboxylic acids is 3. The number of hydrogen-bond acceptors (Lipinski definition) is 13. The molecule has 0 aromatic carbocycles. The molecular formula is C34H60O13Si2. The number of hydrogen-bond donors (Lipinski definition) is 0. The first-order valence-electron chi connectivity index (χ1n) is 16.8. The molecule has 0 heterocycles. The third-order valence-electron chi connectivity index (χ3n) is 7.12. The van der Waals surface area contributed by atoms with E-state index in [-0.39, 0.29) is 37.3 Å². The average molecular weight is 733 g/mol. The average Bonchev–Trinajstić information content (AvgIpc) is 3.10. The monoisotopic (exact) mass is 732 g/mol. The Bertz CT molecular complexity index is 997. The van der Waals surface area contributed by atoms with Crippen molar-refractivity contribution in [3.8, 4) is 0 Å². The second-order valence-electron chi connectivity index (χ2n) is 11.1. The molecule has 49 heavy (non-hydrogen) atoms. The van der Waals surface area contributed by atoms with Gasteiger partial charge in [0, 0.05) is 46.5 Å². The Balaban J connectivity index is 4.56. The number of carbonyl (C=O) groups is 3. The lowest BCUT2D eigenvalue weighted by atomic mass is 10.1. The van der Waals surface area contributed by atoms with Crippen LogP contribution in [0, 0.1) is 0 Å². The van der Waals surface area contributed by atoms with E-state index in [1.54, 1.807) is 0 Å². The predicted molar refractivity (Wildman–Crippen MR) is 188 cm³/mol. The van der Waals surface area contributed by atoms with E-state index >= 15 is 0 Å². The van der Waals surface area contributed by atoms with Crippen molar-refractivity contribution in [2.24, 2.45) is 0 Å². The molecule has 15 heteroatoms. The minimum Gasteiger partial charge on any atom is -0.487 e. The molecule has 0 N–H and O–H groups in total. The molecule has 0 aliphatic heterocycles. The van der Waals surface area contributed by atoms with E-state index in [4.69, 9.17) is 44.9 Å². The molecule has 2 unspecified atom stereocenters. The lowest BCUT2D eigenvalue weighted by molar-refractivity contribution is -0.153. The molecular weight excluding hydrogens is 673 g/mol. The molecule has 282 valence electrons. The fourth-order valence-electron chi connectivity index (χ4n) is 4.40. The second-order valence-corrected chi connectivity index (χ2v) is 15.7. The van der Waals surface area contributed by atoms with Gasteiger partial charge in [0.1, 0.15) is 19.3 Å². The summed E-state index contributed by atoms with van der Waals surface area (Å²) in [5, 5.41) is 0. The van der Waals surface area contributed by atoms with Gasteiger partial charge in [-0.05, 0) is 45.4 Å². The van der Waals surface area contributed by atoms with Gasteiger partial charge in [-0.1, -0.05) is 77.3 Å². The van der Waals surface area contributed by atoms with Gasteiger partial charge in [0.05, 0.1) is 12.4 Å². The highest BCUT2D eigenvalue weighted by molar-refractivity contribution is 6.55. The summed E-state index contributed by atoms with van der Waals surface area (Å²) in [6, 6.07) is 0. The van der Waals surface area contributed by atoms with E-state index in [0.29, 0.717) is 6.42 Å². The quantitative estimate of drug-likeness (QED) is 0.0188. The third kappa shape index (κ3) is 21.2. The van der Waals surface area contributed by atoms with Crippen LogP contribution in [-0.2, 0) is 59.3 Å². The molecule has 0 bridgehead atoms. The van der Waals surface area contributed by atoms with Crippen molar-refractivity contribution in [2.75, 3.05) is 41.7 Å². The Labute approximate surface area is 295 Å². The molecule has 0 saturated carbocycles. The summed E-state index contributed by atoms with van der Waals surface area (Å²) in [6.45, 7) is 13.7. The highest BCUT2D eigenvalue weighted by atomic mass is 28.4. The van der Waals surface area contributed by atoms with E-state index in [9.17, 15) is 14.4 Å². The van der Waals surface area contributed by atoms with Gasteiger partial charge in [0.25, 0.3) is 0 Å². The maximum Gasteiger partial charge on any atom is 0.751 e. The van der Waals surface area contributed by atoms with Gasteiger partial charge in [0.15, 0.2) is 0 Å². The highest BCUT2D eigenvalue weighted by Gasteiger charge is 2.50. The molecule has 0 rings (SSSR count). The van der Waals surface area contributed by atoms with Crippen LogP contribution >= 0.6 is 0 Å². The number of esters is 2. The van der Waals surface area contributed by atoms with E-state index in [1.807, 2.05) is 0 Å². The zero-order chi connectivity index (χ0) is 37.0. The topological polar surface area (TPSA) is 144 Å². The van der Waals surface area contributed by atoms with E-state index in [0.717, 1.165) is 83.0 Å². The fraction of sp³-hybridized carbons (Fsp3) is 0.676. The maximum absolute atomic E-state index is 12.4. The Morgan fingerprint density at radius 2 is 1.31 bits per heavy atom. The molecule has 0 fully saturated rings. The van der Waals surface area contributed by atoms with Crippen LogP contribution < -0.4 is 0 Å². The molecule has 0 radical (unpaired) electrons. The molecule has 2 atom stereocenters. The summed E-state index contributed by atoms with van der Waals surface area (Å²) in [6.07, 6.45) is 16.9. The molecule has 0 aromatic heterocycles. The first kappa shape index (κ1) is 46.4. The lowest BCUT2D eigenvalue weighted by Crippen LogP contribution is -2.51. The van der Waals surface area contributed by atoms with Crippen molar-refractivity contribution >= 4 is 36.0 Å². The van der Waals surface area contributed by atoms with Crippen molar-refractivity contribution in [3.05, 3.63) is 49.8 Å². The van der Waals surface area contributed by atoms with Crippen molar-refractivity contribution in [1.82, 2.24) is 0 Å². The Kier molecular flexibility index (Phi) is 26.6. The zero-order valence-electron chi connectivity index (χ0n) is 30.5. The summed E-state index contributed by atoms with van der Waals surface area (Å²) in [5.41, 5.74) is 0.220. The maximum atomic E-state index is 12.4. The van der Waals surface area contributed by atoms with Gasteiger partial charge in [-0.25, -0.2) is 9.59 Å². The first-order chi connectivity index (χ1) is 23.5. The summed E-state index contributed by atoms with van der Waals surface area (Å²) < 4.78 is 54.6. The molecule has 0 saturated heterocycles. The second kappa shape index (κ2) is 28.1. The number of allylic oxidation sites excluding steroid dienone is 2. The van der Waals surface area contributed by atoms with Crippen LogP contribution in [-0.4, -0.2) is 89.9 Å². The van der Waals surface area contributed by atoms with Crippen molar-refractivity contribution in [1.29, 1.82) is 0 Å². The van der Waals surface area contributed by atoms with Crippen molar-refractivity contribution in [3.63, 3.8) is 0 Å². The minimum atomic E-state index is -3.62. The smallest absolute Gasteiger partial charge is 0.487 e. The standard InChI is InChI=1S/C34H60O13Si2/c1-10-13-21-24-30(45-49(40-8,41-9)47-32(35)11-2)25-22-19-17-15-14-16-18-20-23-26-33(36)42-27-31(28-43-34(37)29(4)5)46-48(38-6,39-7)44-12-3/h11-12,17,19,30-31H,2-4,10,13-16,18,20-28H2,1,5-9H3/b19-17+. The highest BCUT2D eigenvalue weighted by Crippen LogP contribution is 2.21. The van der Waals surface area contributed by atoms with Gasteiger partial charge in [-0.15, -0.1) is 0 Å². The van der Waals surface area contributed by atoms with Crippen molar-refractivity contribution < 1.29 is 59.3 Å². The van der Waals surface area contributed by atoms with Gasteiger partial charge in [-0.3, -0.25) is 4.79 Å². The van der Waals surface area contributed by atoms with Crippen molar-refractivity contribution in [2.45, 2.75) is 110 Å². The summed E-state index contributed by atoms with van der Waals surface area (Å²) >= 11 is 0. The lowest BCUT2D eigenvalue weighted by Gasteiger charge is -2.28. The van der Waals surface area contributed by atoms with Gasteiger partial charge >= 0.3 is 36.0 Å². The fourth-order valence-corrected chi connectivity index (χ4v) is 7.30. The molecule has 0 aliphatic carbocycles. The molecule has 0 aliphatic rings. The summed E-state index contributed by atoms with van der Waals surface area (Å²) in [5.74, 6) is -1.64. The predicted octanol–water partition coefficient (Wildman–Crippen LogP) is 6.41. The largest absolute Gasteiger partial charge is 0.751 e. The van der Waals surface area contributed by atoms with Crippen LogP contribution in [0.4, 0.5) is 0 Å². The summed E-state index contributed by atoms with van der Waals surface area (Å²) in [4.78, 5) is 36.1. The zero-order valence-corrected chi connectivity index (χ0v) is 32.5. The van der Waals surface area contributed by atoms with Gasteiger partial charge in [-0.2, -0.15) is 0 Å². The first-order valence-corrected chi connectivity index (χ1v) is 20.1. The third-order valence-corrected chi connectivity index (χ3v) is 11.3. The summed E-state index contributed by atoms with van der Waals surface area (Å²) in [7, 11) is -1.69. The molecule has 0 amide bonds. The normalized spacial score (nSPS) is 13.0. The minimum absolute atomic E-state index is 0.165. The number of ether oxygens (including phenoxy) is 2. The Morgan fingerprint density at radius 1 is 0.714 bits per heavy atom. The number of rotatable bonds is 32. The van der Waals surface area contributed by atoms with Crippen LogP contribution in [0.3, 0.4) is 0 Å². The van der Waals surface area contributed by atoms with E-state index < -0.39 is 36.1 Å². The Hall–Kier alpha value is -2.64. The van der Waals surface area contributed by atoms with Gasteiger partial charge in [0.2, 0.25) is 0 Å². The Morgan fingerprint density at radius 3 is 1.90 bits per heavy atom. The van der Waals surface area contributed by atoms with Crippen LogP contribution in [0.1, 0.15) is 97.3 Å². The van der Waals surface area contributed by atoms with Crippen LogP contribution in [0.25, 0.3) is 0 Å². The molecule has 0 spiro atoms. The molecule has 13 nitrogen and oxygen atoms in total. The van der Waals surface area contributed by atoms with Gasteiger partial charge < -0.3 is 44.9 Å². The number of unbranched alkanes of at least 4 members (excludes halogenated alkanes) is 7. The van der Waals surface area contributed by atoms with Crippen LogP contribution in [0.2, 0.25) is 0 Å². The molecule has 0 aromatic rings. The van der Waals surface area contributed by atoms with E-state index in [1.165, 1.54) is 35.4 Å². The van der Waals surface area contributed by atoms with E-state index in [2.05, 4.69) is 38.8 Å². The SMILES string of the molecule is C=CO[Si](OC)(OC)OC(COC(=O)CCCCCCC/C=C/CCC(CCCCC)O[Si](OC)(OC)OC(=O)C=C)COC(=O)C(=C)C.